The van der Waals surface area contributed by atoms with Crippen LogP contribution in [0.15, 0.2) is 18.2 Å². The van der Waals surface area contributed by atoms with Crippen LogP contribution in [0, 0.1) is 5.82 Å². The smallest absolute Gasteiger partial charge is 0.391 e. The quantitative estimate of drug-likeness (QED) is 0.803. The Hall–Kier alpha value is -1.30. The number of hydrogen-bond donors (Lipinski definition) is 2. The van der Waals surface area contributed by atoms with Gasteiger partial charge in [0.1, 0.15) is 5.82 Å². The fourth-order valence-corrected chi connectivity index (χ4v) is 2.16. The summed E-state index contributed by atoms with van der Waals surface area (Å²) >= 11 is 0. The maximum absolute atomic E-state index is 13.1. The first-order valence-electron chi connectivity index (χ1n) is 5.69. The summed E-state index contributed by atoms with van der Waals surface area (Å²) in [4.78, 5) is 0. The van der Waals surface area contributed by atoms with Gasteiger partial charge in [-0.15, -0.1) is 0 Å². The minimum absolute atomic E-state index is 0.176. The van der Waals surface area contributed by atoms with E-state index in [4.69, 9.17) is 0 Å². The molecule has 1 aromatic carbocycles. The Morgan fingerprint density at radius 2 is 1.94 bits per heavy atom. The summed E-state index contributed by atoms with van der Waals surface area (Å²) < 4.78 is 50.6. The van der Waals surface area contributed by atoms with Gasteiger partial charge in [0, 0.05) is 5.69 Å². The van der Waals surface area contributed by atoms with Gasteiger partial charge < -0.3 is 10.4 Å². The zero-order valence-electron chi connectivity index (χ0n) is 9.47. The Balaban J connectivity index is 2.19. The van der Waals surface area contributed by atoms with Crippen LogP contribution in [0.3, 0.4) is 0 Å². The molecule has 0 aliphatic heterocycles. The summed E-state index contributed by atoms with van der Waals surface area (Å²) in [5.74, 6) is -1.29. The normalized spacial score (nSPS) is 24.3. The van der Waals surface area contributed by atoms with E-state index >= 15 is 0 Å². The second-order valence-corrected chi connectivity index (χ2v) is 4.44. The van der Waals surface area contributed by atoms with Crippen LogP contribution < -0.4 is 5.32 Å². The fraction of sp³-hybridized carbons (Fsp3) is 0.500. The third-order valence-corrected chi connectivity index (χ3v) is 3.10. The predicted octanol–water partition coefficient (Wildman–Crippen LogP) is 3.17. The second-order valence-electron chi connectivity index (χ2n) is 4.44. The van der Waals surface area contributed by atoms with Gasteiger partial charge in [-0.3, -0.25) is 0 Å². The van der Waals surface area contributed by atoms with Crippen LogP contribution in [0.25, 0.3) is 0 Å². The Morgan fingerprint density at radius 1 is 1.22 bits per heavy atom. The Morgan fingerprint density at radius 3 is 2.50 bits per heavy atom. The minimum atomic E-state index is -4.71. The average molecular weight is 263 g/mol. The lowest BCUT2D eigenvalue weighted by Crippen LogP contribution is -2.28. The largest absolute Gasteiger partial charge is 0.419 e. The number of anilines is 1. The third kappa shape index (κ3) is 2.75. The molecule has 2 rings (SSSR count). The SMILES string of the molecule is O[C@@H]1CCC[C@H]1Nc1ccc(F)c(C(F)(F)F)c1. The number of nitrogens with one attached hydrogen (secondary N) is 1. The summed E-state index contributed by atoms with van der Waals surface area (Å²) in [7, 11) is 0. The molecule has 0 bridgehead atoms. The number of rotatable bonds is 2. The number of aliphatic hydroxyl groups excluding tert-OH is 1. The molecule has 1 aromatic rings. The van der Waals surface area contributed by atoms with Crippen LogP contribution in [0.5, 0.6) is 0 Å². The first kappa shape index (κ1) is 13.1. The highest BCUT2D eigenvalue weighted by Crippen LogP contribution is 2.33. The van der Waals surface area contributed by atoms with Gasteiger partial charge in [0.15, 0.2) is 0 Å². The van der Waals surface area contributed by atoms with Crippen molar-refractivity contribution in [2.24, 2.45) is 0 Å². The lowest BCUT2D eigenvalue weighted by atomic mass is 10.1. The highest BCUT2D eigenvalue weighted by atomic mass is 19.4. The zero-order valence-corrected chi connectivity index (χ0v) is 9.47. The van der Waals surface area contributed by atoms with E-state index in [2.05, 4.69) is 5.32 Å². The first-order valence-corrected chi connectivity index (χ1v) is 5.69. The first-order chi connectivity index (χ1) is 8.38. The maximum Gasteiger partial charge on any atom is 0.419 e. The number of hydrogen-bond acceptors (Lipinski definition) is 2. The van der Waals surface area contributed by atoms with Crippen molar-refractivity contribution in [3.05, 3.63) is 29.6 Å². The van der Waals surface area contributed by atoms with Crippen LogP contribution >= 0.6 is 0 Å². The lowest BCUT2D eigenvalue weighted by molar-refractivity contribution is -0.139. The number of aliphatic hydroxyl groups is 1. The topological polar surface area (TPSA) is 32.3 Å². The van der Waals surface area contributed by atoms with E-state index in [0.29, 0.717) is 12.8 Å². The van der Waals surface area contributed by atoms with Crippen LogP contribution in [-0.2, 0) is 6.18 Å². The number of halogens is 4. The van der Waals surface area contributed by atoms with E-state index in [-0.39, 0.29) is 11.7 Å². The fourth-order valence-electron chi connectivity index (χ4n) is 2.16. The van der Waals surface area contributed by atoms with Gasteiger partial charge in [-0.2, -0.15) is 13.2 Å². The Kier molecular flexibility index (Phi) is 3.47. The standard InChI is InChI=1S/C12H13F4NO/c13-9-5-4-7(6-8(9)12(14,15)16)17-10-2-1-3-11(10)18/h4-6,10-11,17-18H,1-3H2/t10-,11-/m1/s1. The molecular weight excluding hydrogens is 250 g/mol. The van der Waals surface area contributed by atoms with Crippen LogP contribution in [0.1, 0.15) is 24.8 Å². The highest BCUT2D eigenvalue weighted by molar-refractivity contribution is 5.48. The molecule has 2 atom stereocenters. The average Bonchev–Trinajstić information content (AvgIpc) is 2.66. The number of benzene rings is 1. The zero-order chi connectivity index (χ0) is 13.3. The van der Waals surface area contributed by atoms with Crippen molar-refractivity contribution < 1.29 is 22.7 Å². The van der Waals surface area contributed by atoms with Crippen molar-refractivity contribution in [2.75, 3.05) is 5.32 Å². The third-order valence-electron chi connectivity index (χ3n) is 3.10. The van der Waals surface area contributed by atoms with Gasteiger partial charge in [0.05, 0.1) is 17.7 Å². The molecule has 2 nitrogen and oxygen atoms in total. The molecule has 0 saturated heterocycles. The molecule has 100 valence electrons. The molecule has 2 N–H and O–H groups in total. The molecule has 0 aromatic heterocycles. The van der Waals surface area contributed by atoms with Gasteiger partial charge in [-0.05, 0) is 37.5 Å². The van der Waals surface area contributed by atoms with Gasteiger partial charge in [-0.25, -0.2) is 4.39 Å². The summed E-state index contributed by atoms with van der Waals surface area (Å²) in [5, 5.41) is 12.4. The highest BCUT2D eigenvalue weighted by Gasteiger charge is 2.34. The molecule has 1 fully saturated rings. The van der Waals surface area contributed by atoms with Crippen molar-refractivity contribution in [1.82, 2.24) is 0 Å². The van der Waals surface area contributed by atoms with E-state index in [1.54, 1.807) is 0 Å². The minimum Gasteiger partial charge on any atom is -0.391 e. The summed E-state index contributed by atoms with van der Waals surface area (Å²) in [5.41, 5.74) is -1.12. The maximum atomic E-state index is 13.1. The molecule has 0 unspecified atom stereocenters. The van der Waals surface area contributed by atoms with E-state index in [0.717, 1.165) is 18.6 Å². The van der Waals surface area contributed by atoms with E-state index in [1.807, 2.05) is 0 Å². The van der Waals surface area contributed by atoms with Crippen molar-refractivity contribution >= 4 is 5.69 Å². The van der Waals surface area contributed by atoms with E-state index < -0.39 is 23.7 Å². The summed E-state index contributed by atoms with van der Waals surface area (Å²) in [6, 6.07) is 2.50. The van der Waals surface area contributed by atoms with Crippen LogP contribution in [0.2, 0.25) is 0 Å². The molecule has 1 aliphatic rings. The van der Waals surface area contributed by atoms with Crippen molar-refractivity contribution in [3.63, 3.8) is 0 Å². The molecule has 0 spiro atoms. The molecule has 0 amide bonds. The van der Waals surface area contributed by atoms with Gasteiger partial charge in [-0.1, -0.05) is 0 Å². The Labute approximate surface area is 102 Å². The summed E-state index contributed by atoms with van der Waals surface area (Å²) in [6.45, 7) is 0. The predicted molar refractivity (Wildman–Crippen MR) is 58.7 cm³/mol. The van der Waals surface area contributed by atoms with Crippen molar-refractivity contribution in [3.8, 4) is 0 Å². The molecule has 6 heteroatoms. The molecule has 1 saturated carbocycles. The van der Waals surface area contributed by atoms with Gasteiger partial charge in [0.2, 0.25) is 0 Å². The lowest BCUT2D eigenvalue weighted by Gasteiger charge is -2.19. The van der Waals surface area contributed by atoms with E-state index in [1.165, 1.54) is 6.07 Å². The molecule has 1 aliphatic carbocycles. The van der Waals surface area contributed by atoms with Crippen molar-refractivity contribution in [2.45, 2.75) is 37.6 Å². The molecule has 0 heterocycles. The monoisotopic (exact) mass is 263 g/mol. The van der Waals surface area contributed by atoms with Gasteiger partial charge >= 0.3 is 6.18 Å². The van der Waals surface area contributed by atoms with Crippen LogP contribution in [0.4, 0.5) is 23.2 Å². The molecule has 0 radical (unpaired) electrons. The number of alkyl halides is 3. The van der Waals surface area contributed by atoms with Gasteiger partial charge in [0.25, 0.3) is 0 Å². The van der Waals surface area contributed by atoms with Crippen LogP contribution in [-0.4, -0.2) is 17.3 Å². The summed E-state index contributed by atoms with van der Waals surface area (Å²) in [6.07, 6.45) is -3.13. The Bertz CT molecular complexity index is 433. The molecule has 18 heavy (non-hydrogen) atoms. The second kappa shape index (κ2) is 4.76. The van der Waals surface area contributed by atoms with E-state index in [9.17, 15) is 22.7 Å². The molecular formula is C12H13F4NO. The van der Waals surface area contributed by atoms with Crippen molar-refractivity contribution in [1.29, 1.82) is 0 Å².